The molecule has 0 bridgehead atoms. The Labute approximate surface area is 359 Å². The van der Waals surface area contributed by atoms with Crippen LogP contribution in [0.5, 0.6) is 0 Å². The molecular weight excluding hydrogens is 832 g/mol. The van der Waals surface area contributed by atoms with E-state index in [0.717, 1.165) is 33.1 Å². The van der Waals surface area contributed by atoms with Crippen molar-refractivity contribution in [1.29, 1.82) is 0 Å². The molecule has 1 aromatic carbocycles. The third kappa shape index (κ3) is 9.21. The Kier molecular flexibility index (Phi) is 13.1. The number of carbonyl (C=O) groups is 6. The quantitative estimate of drug-likeness (QED) is 0.114. The molecule has 4 aliphatic heterocycles. The van der Waals surface area contributed by atoms with Crippen LogP contribution in [-0.4, -0.2) is 113 Å². The number of hydrogen-bond donors (Lipinski definition) is 1. The minimum Gasteiger partial charge on any atom is -0.463 e. The van der Waals surface area contributed by atoms with E-state index in [4.69, 9.17) is 52.4 Å². The summed E-state index contributed by atoms with van der Waals surface area (Å²) in [4.78, 5) is 92.3. The number of cyclic esters (lactones) is 1. The van der Waals surface area contributed by atoms with Crippen molar-refractivity contribution in [3.63, 3.8) is 0 Å². The lowest BCUT2D eigenvalue weighted by Gasteiger charge is -2.45. The van der Waals surface area contributed by atoms with Gasteiger partial charge in [-0.25, -0.2) is 9.78 Å². The summed E-state index contributed by atoms with van der Waals surface area (Å²) in [6.45, 7) is 6.17. The molecule has 0 radical (unpaired) electrons. The molecule has 1 fully saturated rings. The molecule has 6 heterocycles. The first-order valence-corrected chi connectivity index (χ1v) is 20.1. The molecule has 1 N–H and O–H groups in total. The molecule has 4 aliphatic rings. The van der Waals surface area contributed by atoms with E-state index in [9.17, 15) is 38.7 Å². The maximum atomic E-state index is 13.9. The Bertz CT molecular complexity index is 2430. The second kappa shape index (κ2) is 18.3. The van der Waals surface area contributed by atoms with Crippen molar-refractivity contribution >= 4 is 46.7 Å². The highest BCUT2D eigenvalue weighted by atomic mass is 16.8. The van der Waals surface area contributed by atoms with Gasteiger partial charge in [0.15, 0.2) is 36.5 Å². The van der Waals surface area contributed by atoms with Crippen LogP contribution in [0.4, 0.5) is 0 Å². The zero-order chi connectivity index (χ0) is 45.3. The normalized spacial score (nSPS) is 27.0. The summed E-state index contributed by atoms with van der Waals surface area (Å²) < 4.78 is 58.8. The number of fused-ring (bicyclic) bond motifs is 5. The summed E-state index contributed by atoms with van der Waals surface area (Å²) in [6.07, 6.45) is -7.52. The Hall–Kier alpha value is -6.06. The SMILES string of the molecule is CC[C@@]1(O)C(=O)OCc2c1cc1n(c2=O)Cc2c-1nc1ccccc1c2CO[C@@H]1C=C[C@H](O[C@H]2O[C@H](COC(C)=O)[C@@H](OC(C)=O)[C@H](OC(C)=O)[C@H]2OC(C)=O)[C@@H](COC(C)=O)O1. The molecule has 1 saturated heterocycles. The minimum absolute atomic E-state index is 0.0134. The number of aromatic nitrogens is 2. The average Bonchev–Trinajstić information content (AvgIpc) is 3.60. The molecule has 2 aromatic heterocycles. The molecule has 63 heavy (non-hydrogen) atoms. The van der Waals surface area contributed by atoms with Crippen LogP contribution in [0.2, 0.25) is 0 Å². The van der Waals surface area contributed by atoms with E-state index >= 15 is 0 Å². The van der Waals surface area contributed by atoms with Crippen LogP contribution < -0.4 is 5.56 Å². The smallest absolute Gasteiger partial charge is 0.343 e. The highest BCUT2D eigenvalue weighted by Gasteiger charge is 2.54. The van der Waals surface area contributed by atoms with Crippen LogP contribution in [0.1, 0.15) is 70.2 Å². The van der Waals surface area contributed by atoms with Gasteiger partial charge in [-0.05, 0) is 30.2 Å². The summed E-state index contributed by atoms with van der Waals surface area (Å²) >= 11 is 0. The maximum absolute atomic E-state index is 13.9. The highest BCUT2D eigenvalue weighted by molar-refractivity contribution is 5.89. The number of hydrogen-bond acceptors (Lipinski definition) is 19. The highest BCUT2D eigenvalue weighted by Crippen LogP contribution is 2.41. The van der Waals surface area contributed by atoms with E-state index in [2.05, 4.69) is 0 Å². The first-order valence-electron chi connectivity index (χ1n) is 20.1. The fourth-order valence-electron chi connectivity index (χ4n) is 8.08. The third-order valence-electron chi connectivity index (χ3n) is 10.9. The number of aliphatic hydroxyl groups is 1. The van der Waals surface area contributed by atoms with Gasteiger partial charge in [0.1, 0.15) is 38.1 Å². The second-order valence-corrected chi connectivity index (χ2v) is 15.2. The van der Waals surface area contributed by atoms with Crippen LogP contribution in [-0.2, 0) is 101 Å². The minimum atomic E-state index is -2.00. The Balaban J connectivity index is 1.18. The topological polar surface area (TPSA) is 250 Å². The maximum Gasteiger partial charge on any atom is 0.343 e. The summed E-state index contributed by atoms with van der Waals surface area (Å²) in [5.74, 6) is -4.63. The van der Waals surface area contributed by atoms with E-state index in [1.54, 1.807) is 25.1 Å². The van der Waals surface area contributed by atoms with Gasteiger partial charge in [-0.15, -0.1) is 0 Å². The van der Waals surface area contributed by atoms with Crippen molar-refractivity contribution in [3.05, 3.63) is 75.1 Å². The molecule has 20 nitrogen and oxygen atoms in total. The Morgan fingerprint density at radius 2 is 1.48 bits per heavy atom. The summed E-state index contributed by atoms with van der Waals surface area (Å²) in [7, 11) is 0. The van der Waals surface area contributed by atoms with Gasteiger partial charge in [0, 0.05) is 51.1 Å². The molecule has 3 aromatic rings. The lowest BCUT2D eigenvalue weighted by Crippen LogP contribution is -2.63. The van der Waals surface area contributed by atoms with Gasteiger partial charge in [-0.1, -0.05) is 31.2 Å². The van der Waals surface area contributed by atoms with Crippen molar-refractivity contribution in [3.8, 4) is 11.4 Å². The molecule has 9 atom stereocenters. The van der Waals surface area contributed by atoms with Gasteiger partial charge < -0.3 is 57.0 Å². The van der Waals surface area contributed by atoms with Crippen molar-refractivity contribution in [1.82, 2.24) is 9.55 Å². The van der Waals surface area contributed by atoms with Gasteiger partial charge >= 0.3 is 35.8 Å². The number of rotatable bonds is 13. The molecule has 0 saturated carbocycles. The van der Waals surface area contributed by atoms with E-state index in [1.165, 1.54) is 17.6 Å². The van der Waals surface area contributed by atoms with Gasteiger partial charge in [0.2, 0.25) is 0 Å². The molecule has 0 amide bonds. The van der Waals surface area contributed by atoms with Crippen molar-refractivity contribution in [2.45, 2.75) is 123 Å². The standard InChI is InChI=1S/C43H46N2O18/c1-7-43(53)29-14-31-36-26(15-45(31)40(51)28(29)17-57-42(43)52)27(25-10-8-9-11-30(25)44-36)16-56-35-13-12-32(33(61-35)18-54-20(2)46)62-41-39(60-24(6)50)38(59-23(5)49)37(58-22(4)48)34(63-41)19-55-21(3)47/h8-14,32-35,37-39,41,53H,7,15-19H2,1-6H3/t32-,33+,34+,35-,37+,38-,39+,41-,43-/m0/s1. The third-order valence-corrected chi connectivity index (χ3v) is 10.9. The van der Waals surface area contributed by atoms with Crippen LogP contribution in [0.3, 0.4) is 0 Å². The van der Waals surface area contributed by atoms with Gasteiger partial charge in [0.25, 0.3) is 5.56 Å². The zero-order valence-electron chi connectivity index (χ0n) is 35.2. The number of nitrogens with zero attached hydrogens (tertiary/aromatic N) is 2. The Morgan fingerprint density at radius 1 is 0.825 bits per heavy atom. The van der Waals surface area contributed by atoms with E-state index in [1.807, 2.05) is 18.2 Å². The largest absolute Gasteiger partial charge is 0.463 e. The molecule has 0 aliphatic carbocycles. The van der Waals surface area contributed by atoms with Crippen LogP contribution in [0.25, 0.3) is 22.3 Å². The number of esters is 6. The fourth-order valence-corrected chi connectivity index (χ4v) is 8.08. The van der Waals surface area contributed by atoms with Gasteiger partial charge in [-0.3, -0.25) is 28.8 Å². The first kappa shape index (κ1) is 45.0. The monoisotopic (exact) mass is 878 g/mol. The van der Waals surface area contributed by atoms with Crippen molar-refractivity contribution < 1.29 is 81.2 Å². The van der Waals surface area contributed by atoms with E-state index < -0.39 is 103 Å². The lowest BCUT2D eigenvalue weighted by molar-refractivity contribution is -0.323. The van der Waals surface area contributed by atoms with Crippen molar-refractivity contribution in [2.75, 3.05) is 13.2 Å². The Morgan fingerprint density at radius 3 is 2.14 bits per heavy atom. The number of pyridine rings is 2. The van der Waals surface area contributed by atoms with Crippen LogP contribution in [0.15, 0.2) is 47.3 Å². The number of carbonyl (C=O) groups excluding carboxylic acids is 6. The fraction of sp³-hybridized carbons (Fsp3) is 0.488. The summed E-state index contributed by atoms with van der Waals surface area (Å²) in [6, 6.07) is 8.93. The first-order chi connectivity index (χ1) is 30.0. The van der Waals surface area contributed by atoms with Crippen molar-refractivity contribution in [2.24, 2.45) is 0 Å². The molecule has 20 heteroatoms. The van der Waals surface area contributed by atoms with E-state index in [0.29, 0.717) is 28.0 Å². The van der Waals surface area contributed by atoms with Gasteiger partial charge in [0.05, 0.1) is 35.6 Å². The number of benzene rings is 1. The molecule has 0 spiro atoms. The number of para-hydroxylation sites is 1. The zero-order valence-corrected chi connectivity index (χ0v) is 35.2. The predicted molar refractivity (Wildman–Crippen MR) is 211 cm³/mol. The summed E-state index contributed by atoms with van der Waals surface area (Å²) in [5.41, 5.74) is 0.748. The molecule has 0 unspecified atom stereocenters. The van der Waals surface area contributed by atoms with E-state index in [-0.39, 0.29) is 43.9 Å². The van der Waals surface area contributed by atoms with Crippen LogP contribution in [0, 0.1) is 0 Å². The predicted octanol–water partition coefficient (Wildman–Crippen LogP) is 1.91. The molecular formula is C43H46N2O18. The average molecular weight is 879 g/mol. The molecule has 336 valence electrons. The second-order valence-electron chi connectivity index (χ2n) is 15.2. The number of ether oxygens (including phenoxy) is 10. The van der Waals surface area contributed by atoms with Gasteiger partial charge in [-0.2, -0.15) is 0 Å². The lowest BCUT2D eigenvalue weighted by atomic mass is 9.86. The molecule has 7 rings (SSSR count). The summed E-state index contributed by atoms with van der Waals surface area (Å²) in [5, 5.41) is 12.1. The van der Waals surface area contributed by atoms with Crippen LogP contribution >= 0.6 is 0 Å².